The molecule has 4 aliphatic rings. The van der Waals surface area contributed by atoms with Crippen LogP contribution in [0.5, 0.6) is 0 Å². The number of anilines is 1. The van der Waals surface area contributed by atoms with E-state index in [9.17, 15) is 14.4 Å². The van der Waals surface area contributed by atoms with Crippen molar-refractivity contribution in [3.05, 3.63) is 29.3 Å². The van der Waals surface area contributed by atoms with Gasteiger partial charge in [0.25, 0.3) is 5.91 Å². The number of nitrogens with one attached hydrogen (secondary N) is 1. The van der Waals surface area contributed by atoms with Gasteiger partial charge in [-0.15, -0.1) is 0 Å². The Bertz CT molecular complexity index is 847. The van der Waals surface area contributed by atoms with Crippen LogP contribution in [0.2, 0.25) is 5.02 Å². The zero-order valence-corrected chi connectivity index (χ0v) is 17.0. The molecule has 0 atom stereocenters. The van der Waals surface area contributed by atoms with Gasteiger partial charge in [0.1, 0.15) is 12.1 Å². The highest BCUT2D eigenvalue weighted by atomic mass is 35.5. The topological polar surface area (TPSA) is 73.0 Å². The number of imide groups is 1. The molecule has 1 aromatic rings. The van der Waals surface area contributed by atoms with E-state index in [1.165, 1.54) is 0 Å². The summed E-state index contributed by atoms with van der Waals surface area (Å²) in [6.45, 7) is 2.35. The molecular formula is C21H25ClN4O3. The second kappa shape index (κ2) is 6.90. The fraction of sp³-hybridized carbons (Fsp3) is 0.571. The fourth-order valence-corrected chi connectivity index (χ4v) is 5.03. The SMILES string of the molecule is O=C(CN1C(=O)NC(C2CC2)(C2CC2)C1=O)N1CCN(c2cccc(Cl)c2)CC1. The molecule has 29 heavy (non-hydrogen) atoms. The number of halogens is 1. The van der Waals surface area contributed by atoms with Gasteiger partial charge in [0.2, 0.25) is 5.91 Å². The third-order valence-electron chi connectivity index (χ3n) is 6.70. The van der Waals surface area contributed by atoms with Gasteiger partial charge in [-0.1, -0.05) is 17.7 Å². The van der Waals surface area contributed by atoms with Crippen LogP contribution in [0.25, 0.3) is 0 Å². The lowest BCUT2D eigenvalue weighted by molar-refractivity contribution is -0.140. The van der Waals surface area contributed by atoms with Gasteiger partial charge in [0, 0.05) is 36.9 Å². The zero-order chi connectivity index (χ0) is 20.2. The Balaban J connectivity index is 1.21. The predicted octanol–water partition coefficient (Wildman–Crippen LogP) is 2.10. The van der Waals surface area contributed by atoms with Gasteiger partial charge >= 0.3 is 6.03 Å². The first-order chi connectivity index (χ1) is 14.0. The van der Waals surface area contributed by atoms with Crippen LogP contribution in [-0.4, -0.2) is 65.9 Å². The van der Waals surface area contributed by atoms with E-state index < -0.39 is 11.6 Å². The summed E-state index contributed by atoms with van der Waals surface area (Å²) in [5.41, 5.74) is 0.306. The highest BCUT2D eigenvalue weighted by Gasteiger charge is 2.65. The van der Waals surface area contributed by atoms with Gasteiger partial charge in [0.05, 0.1) is 0 Å². The van der Waals surface area contributed by atoms with Crippen LogP contribution in [0, 0.1) is 11.8 Å². The summed E-state index contributed by atoms with van der Waals surface area (Å²) in [6.07, 6.45) is 3.93. The Morgan fingerprint density at radius 2 is 1.72 bits per heavy atom. The summed E-state index contributed by atoms with van der Waals surface area (Å²) < 4.78 is 0. The second-order valence-corrected chi connectivity index (χ2v) is 9.02. The molecule has 0 unspecified atom stereocenters. The van der Waals surface area contributed by atoms with E-state index in [1.807, 2.05) is 24.3 Å². The highest BCUT2D eigenvalue weighted by Crippen LogP contribution is 2.54. The fourth-order valence-electron chi connectivity index (χ4n) is 4.84. The smallest absolute Gasteiger partial charge is 0.325 e. The number of piperazine rings is 1. The maximum atomic E-state index is 13.1. The summed E-state index contributed by atoms with van der Waals surface area (Å²) in [4.78, 5) is 43.6. The Kier molecular flexibility index (Phi) is 4.46. The lowest BCUT2D eigenvalue weighted by Gasteiger charge is -2.36. The summed E-state index contributed by atoms with van der Waals surface area (Å²) in [5.74, 6) is 0.139. The van der Waals surface area contributed by atoms with E-state index in [-0.39, 0.29) is 30.2 Å². The van der Waals surface area contributed by atoms with Crippen LogP contribution in [0.1, 0.15) is 25.7 Å². The molecule has 0 bridgehead atoms. The number of carbonyl (C=O) groups excluding carboxylic acids is 3. The molecule has 2 saturated carbocycles. The van der Waals surface area contributed by atoms with Crippen molar-refractivity contribution < 1.29 is 14.4 Å². The van der Waals surface area contributed by atoms with E-state index in [4.69, 9.17) is 11.6 Å². The molecular weight excluding hydrogens is 392 g/mol. The van der Waals surface area contributed by atoms with Gasteiger partial charge in [-0.25, -0.2) is 4.79 Å². The van der Waals surface area contributed by atoms with Crippen molar-refractivity contribution in [2.24, 2.45) is 11.8 Å². The number of hydrogen-bond acceptors (Lipinski definition) is 4. The maximum Gasteiger partial charge on any atom is 0.325 e. The molecule has 0 radical (unpaired) electrons. The average molecular weight is 417 g/mol. The summed E-state index contributed by atoms with van der Waals surface area (Å²) >= 11 is 6.08. The number of urea groups is 1. The van der Waals surface area contributed by atoms with Crippen molar-refractivity contribution in [1.29, 1.82) is 0 Å². The van der Waals surface area contributed by atoms with E-state index in [1.54, 1.807) is 4.90 Å². The van der Waals surface area contributed by atoms with Gasteiger partial charge in [-0.05, 0) is 55.7 Å². The standard InChI is InChI=1S/C21H25ClN4O3/c22-16-2-1-3-17(12-16)24-8-10-25(11-9-24)18(27)13-26-19(28)21(14-4-5-14,15-6-7-15)23-20(26)29/h1-3,12,14-15H,4-11,13H2,(H,23,29). The first-order valence-electron chi connectivity index (χ1n) is 10.4. The van der Waals surface area contributed by atoms with E-state index in [0.29, 0.717) is 31.2 Å². The number of hydrogen-bond donors (Lipinski definition) is 1. The van der Waals surface area contributed by atoms with Crippen molar-refractivity contribution in [3.63, 3.8) is 0 Å². The molecule has 2 saturated heterocycles. The van der Waals surface area contributed by atoms with Crippen LogP contribution in [-0.2, 0) is 9.59 Å². The third-order valence-corrected chi connectivity index (χ3v) is 6.93. The molecule has 1 N–H and O–H groups in total. The van der Waals surface area contributed by atoms with Crippen LogP contribution in [0.4, 0.5) is 10.5 Å². The normalized spacial score (nSPS) is 24.1. The van der Waals surface area contributed by atoms with Crippen LogP contribution < -0.4 is 10.2 Å². The minimum absolute atomic E-state index is 0.164. The maximum absolute atomic E-state index is 13.1. The molecule has 0 aromatic heterocycles. The van der Waals surface area contributed by atoms with Crippen molar-refractivity contribution in [2.75, 3.05) is 37.6 Å². The molecule has 1 aromatic carbocycles. The lowest BCUT2D eigenvalue weighted by atomic mass is 9.87. The van der Waals surface area contributed by atoms with Crippen molar-refractivity contribution in [3.8, 4) is 0 Å². The van der Waals surface area contributed by atoms with E-state index in [0.717, 1.165) is 36.3 Å². The molecule has 7 nitrogen and oxygen atoms in total. The molecule has 2 aliphatic carbocycles. The Morgan fingerprint density at radius 1 is 1.07 bits per heavy atom. The van der Waals surface area contributed by atoms with Gasteiger partial charge < -0.3 is 15.1 Å². The highest BCUT2D eigenvalue weighted by molar-refractivity contribution is 6.30. The molecule has 4 fully saturated rings. The summed E-state index contributed by atoms with van der Waals surface area (Å²) in [6, 6.07) is 7.28. The molecule has 4 amide bonds. The van der Waals surface area contributed by atoms with Crippen molar-refractivity contribution >= 4 is 35.1 Å². The van der Waals surface area contributed by atoms with E-state index >= 15 is 0 Å². The third kappa shape index (κ3) is 3.25. The van der Waals surface area contributed by atoms with Crippen LogP contribution in [0.3, 0.4) is 0 Å². The first-order valence-corrected chi connectivity index (χ1v) is 10.8. The molecule has 2 heterocycles. The minimum atomic E-state index is -0.733. The van der Waals surface area contributed by atoms with Gasteiger partial charge in [-0.2, -0.15) is 0 Å². The van der Waals surface area contributed by atoms with Gasteiger partial charge in [0.15, 0.2) is 0 Å². The lowest BCUT2D eigenvalue weighted by Crippen LogP contribution is -2.53. The Morgan fingerprint density at radius 3 is 2.31 bits per heavy atom. The molecule has 8 heteroatoms. The van der Waals surface area contributed by atoms with Crippen molar-refractivity contribution in [1.82, 2.24) is 15.1 Å². The number of benzene rings is 1. The molecule has 0 spiro atoms. The number of nitrogens with zero attached hydrogens (tertiary/aromatic N) is 3. The summed E-state index contributed by atoms with van der Waals surface area (Å²) in [5, 5.41) is 3.67. The Labute approximate surface area is 174 Å². The van der Waals surface area contributed by atoms with Crippen LogP contribution in [0.15, 0.2) is 24.3 Å². The number of amides is 4. The number of rotatable bonds is 5. The van der Waals surface area contributed by atoms with Gasteiger partial charge in [-0.3, -0.25) is 14.5 Å². The van der Waals surface area contributed by atoms with E-state index in [2.05, 4.69) is 10.2 Å². The number of carbonyl (C=O) groups is 3. The zero-order valence-electron chi connectivity index (χ0n) is 16.3. The average Bonchev–Trinajstić information content (AvgIpc) is 3.63. The van der Waals surface area contributed by atoms with Crippen LogP contribution >= 0.6 is 11.6 Å². The minimum Gasteiger partial charge on any atom is -0.368 e. The monoisotopic (exact) mass is 416 g/mol. The molecule has 2 aliphatic heterocycles. The predicted molar refractivity (Wildman–Crippen MR) is 109 cm³/mol. The summed E-state index contributed by atoms with van der Waals surface area (Å²) in [7, 11) is 0. The van der Waals surface area contributed by atoms with Crippen molar-refractivity contribution in [2.45, 2.75) is 31.2 Å². The first kappa shape index (κ1) is 18.7. The Hall–Kier alpha value is -2.28. The molecule has 154 valence electrons. The quantitative estimate of drug-likeness (QED) is 0.746. The largest absolute Gasteiger partial charge is 0.368 e. The second-order valence-electron chi connectivity index (χ2n) is 8.59. The molecule has 5 rings (SSSR count).